The fraction of sp³-hybridized carbons (Fsp3) is 0. The zero-order chi connectivity index (χ0) is 17.3. The molecule has 0 N–H and O–H groups in total. The third kappa shape index (κ3) is 9.73. The smallest absolute Gasteiger partial charge is 0.0477 e. The largest absolute Gasteiger partial charge is 0.358 e. The van der Waals surface area contributed by atoms with Crippen molar-refractivity contribution in [3.8, 4) is 0 Å². The van der Waals surface area contributed by atoms with Crippen LogP contribution < -0.4 is 5.19 Å². The van der Waals surface area contributed by atoms with Crippen LogP contribution in [0.25, 0.3) is 21.5 Å². The first-order valence-corrected chi connectivity index (χ1v) is 9.11. The third-order valence-corrected chi connectivity index (χ3v) is 4.41. The van der Waals surface area contributed by atoms with E-state index in [2.05, 4.69) is 97.1 Å². The zero-order valence-corrected chi connectivity index (χ0v) is 23.1. The molecule has 5 rings (SSSR count). The van der Waals surface area contributed by atoms with E-state index in [0.717, 1.165) is 0 Å². The predicted molar refractivity (Wildman–Crippen MR) is 135 cm³/mol. The maximum atomic E-state index is 2.12. The number of hydrogen-bond donors (Lipinski definition) is 0. The molecule has 5 aromatic rings. The Balaban J connectivity index is 0. The Morgan fingerprint density at radius 1 is 0.517 bits per heavy atom. The van der Waals surface area contributed by atoms with Gasteiger partial charge in [-0.1, -0.05) is 47.7 Å². The van der Waals surface area contributed by atoms with Crippen LogP contribution in [0, 0.1) is 7.43 Å². The van der Waals surface area contributed by atoms with Gasteiger partial charge < -0.3 is 7.43 Å². The second-order valence-electron chi connectivity index (χ2n) is 5.79. The quantitative estimate of drug-likeness (QED) is 0.143. The molecule has 29 heavy (non-hydrogen) atoms. The normalized spacial score (nSPS) is 8.45. The second kappa shape index (κ2) is 16.4. The Morgan fingerprint density at radius 2 is 0.897 bits per heavy atom. The molecule has 5 aromatic carbocycles. The van der Waals surface area contributed by atoms with Crippen LogP contribution in [0.15, 0.2) is 115 Å². The van der Waals surface area contributed by atoms with Crippen molar-refractivity contribution in [3.63, 3.8) is 0 Å². The van der Waals surface area contributed by atoms with Gasteiger partial charge >= 0.3 is 0 Å². The molecule has 0 amide bonds. The van der Waals surface area contributed by atoms with Gasteiger partial charge in [-0.3, -0.25) is 0 Å². The summed E-state index contributed by atoms with van der Waals surface area (Å²) in [5.41, 5.74) is 0. The number of halogens is 2. The topological polar surface area (TPSA) is 0 Å². The van der Waals surface area contributed by atoms with Crippen LogP contribution >= 0.6 is 24.8 Å². The molecule has 4 heteroatoms. The van der Waals surface area contributed by atoms with E-state index in [1.807, 2.05) is 28.4 Å². The molecule has 0 aliphatic rings. The Kier molecular flexibility index (Phi) is 16.8. The molecule has 0 atom stereocenters. The maximum Gasteiger partial charge on any atom is 0.0477 e. The van der Waals surface area contributed by atoms with Gasteiger partial charge in [-0.05, 0) is 0 Å². The minimum atomic E-state index is 0. The van der Waals surface area contributed by atoms with E-state index < -0.39 is 0 Å². The summed E-state index contributed by atoms with van der Waals surface area (Å²) in [7, 11) is 1.90. The fourth-order valence-electron chi connectivity index (χ4n) is 2.62. The molecule has 0 saturated heterocycles. The molecule has 0 saturated carbocycles. The zero-order valence-electron chi connectivity index (χ0n) is 16.5. The molecule has 0 nitrogen and oxygen atoms in total. The Bertz CT molecular complexity index is 896. The first kappa shape index (κ1) is 29.7. The van der Waals surface area contributed by atoms with E-state index in [0.29, 0.717) is 0 Å². The predicted octanol–water partition coefficient (Wildman–Crippen LogP) is 6.35. The van der Waals surface area contributed by atoms with E-state index >= 15 is 0 Å². The summed E-state index contributed by atoms with van der Waals surface area (Å²) >= 11 is 0. The van der Waals surface area contributed by atoms with E-state index in [1.54, 1.807) is 0 Å². The Labute approximate surface area is 209 Å². The standard InChI is InChI=1S/2C9H7.C6H7Si.CH3.2ClH.Hf/c2*1-2-5-9-7-3-6-8(9)4-1;7-6-4-2-1-3-5-6;;;;/h2*1-7H;1-5H,7H2;1H3;2*1H;/q2*-1;;-1;;;. The number of fused-ring (bicyclic) bond motifs is 2. The van der Waals surface area contributed by atoms with Gasteiger partial charge in [0.1, 0.15) is 0 Å². The van der Waals surface area contributed by atoms with E-state index in [1.165, 1.54) is 26.7 Å². The average Bonchev–Trinajstić information content (AvgIpc) is 3.32. The SMILES string of the molecule is Cl.Cl.[CH3-].[Hf].[SiH2]c1ccccc1.c1ccc2[cH-]ccc2c1.c1ccc2[cH-]ccc2c1. The van der Waals surface area contributed by atoms with Crippen molar-refractivity contribution in [1.82, 2.24) is 0 Å². The van der Waals surface area contributed by atoms with Crippen molar-refractivity contribution >= 4 is 61.8 Å². The fourth-order valence-corrected chi connectivity index (χ4v) is 2.89. The van der Waals surface area contributed by atoms with Crippen LogP contribution in [-0.2, 0) is 25.8 Å². The van der Waals surface area contributed by atoms with Gasteiger partial charge in [-0.25, -0.2) is 0 Å². The van der Waals surface area contributed by atoms with E-state index in [4.69, 9.17) is 0 Å². The van der Waals surface area contributed by atoms with Crippen molar-refractivity contribution in [3.05, 3.63) is 123 Å². The van der Waals surface area contributed by atoms with E-state index in [9.17, 15) is 0 Å². The molecule has 0 aliphatic carbocycles. The second-order valence-corrected chi connectivity index (χ2v) is 6.61. The number of benzene rings is 3. The summed E-state index contributed by atoms with van der Waals surface area (Å²) in [5.74, 6) is 0. The number of hydrogen-bond acceptors (Lipinski definition) is 0. The molecular weight excluding hydrogens is 578 g/mol. The summed E-state index contributed by atoms with van der Waals surface area (Å²) < 4.78 is 0. The maximum absolute atomic E-state index is 2.12. The molecule has 0 bridgehead atoms. The van der Waals surface area contributed by atoms with Crippen LogP contribution in [0.1, 0.15) is 0 Å². The van der Waals surface area contributed by atoms with Crippen molar-refractivity contribution in [2.45, 2.75) is 0 Å². The summed E-state index contributed by atoms with van der Waals surface area (Å²) in [6.07, 6.45) is 0. The van der Waals surface area contributed by atoms with Crippen molar-refractivity contribution < 1.29 is 25.8 Å². The first-order valence-electron chi connectivity index (χ1n) is 8.41. The van der Waals surface area contributed by atoms with Gasteiger partial charge in [-0.15, -0.1) is 84.1 Å². The van der Waals surface area contributed by atoms with Gasteiger partial charge in [0, 0.05) is 36.1 Å². The van der Waals surface area contributed by atoms with Crippen LogP contribution in [0.2, 0.25) is 0 Å². The van der Waals surface area contributed by atoms with Crippen LogP contribution in [0.4, 0.5) is 0 Å². The molecule has 0 unspecified atom stereocenters. The molecule has 151 valence electrons. The van der Waals surface area contributed by atoms with Crippen LogP contribution in [0.5, 0.6) is 0 Å². The molecule has 1 radical (unpaired) electrons. The molecule has 0 spiro atoms. The summed E-state index contributed by atoms with van der Waals surface area (Å²) in [5, 5.41) is 6.67. The van der Waals surface area contributed by atoms with Crippen LogP contribution in [-0.4, -0.2) is 10.2 Å². The molecular formula is C25H26Cl2HfSi-3. The third-order valence-electron chi connectivity index (χ3n) is 3.94. The average molecular weight is 604 g/mol. The molecule has 0 heterocycles. The van der Waals surface area contributed by atoms with Crippen LogP contribution in [0.3, 0.4) is 0 Å². The minimum Gasteiger partial charge on any atom is -0.358 e. The monoisotopic (exact) mass is 604 g/mol. The van der Waals surface area contributed by atoms with Gasteiger partial charge in [0.25, 0.3) is 0 Å². The molecule has 0 aromatic heterocycles. The molecule has 0 fully saturated rings. The summed E-state index contributed by atoms with van der Waals surface area (Å²) in [6.45, 7) is 0. The van der Waals surface area contributed by atoms with Gasteiger partial charge in [0.2, 0.25) is 0 Å². The first-order chi connectivity index (χ1) is 12.3. The van der Waals surface area contributed by atoms with Crippen molar-refractivity contribution in [1.29, 1.82) is 0 Å². The summed E-state index contributed by atoms with van der Waals surface area (Å²) in [4.78, 5) is 0. The Hall–Kier alpha value is -1.45. The van der Waals surface area contributed by atoms with Gasteiger partial charge in [0.05, 0.1) is 0 Å². The summed E-state index contributed by atoms with van der Waals surface area (Å²) in [6, 6.07) is 39.6. The van der Waals surface area contributed by atoms with Crippen molar-refractivity contribution in [2.75, 3.05) is 0 Å². The van der Waals surface area contributed by atoms with Gasteiger partial charge in [0.15, 0.2) is 0 Å². The molecule has 0 aliphatic heterocycles. The number of rotatable bonds is 0. The van der Waals surface area contributed by atoms with E-state index in [-0.39, 0.29) is 58.1 Å². The van der Waals surface area contributed by atoms with Crippen molar-refractivity contribution in [2.24, 2.45) is 0 Å². The Morgan fingerprint density at radius 3 is 1.24 bits per heavy atom. The van der Waals surface area contributed by atoms with Gasteiger partial charge in [-0.2, -0.15) is 35.0 Å². The minimum absolute atomic E-state index is 0.